The van der Waals surface area contributed by atoms with E-state index in [0.29, 0.717) is 22.0 Å². The van der Waals surface area contributed by atoms with E-state index in [1.54, 1.807) is 54.6 Å². The quantitative estimate of drug-likeness (QED) is 0.283. The summed E-state index contributed by atoms with van der Waals surface area (Å²) in [6, 6.07) is 17.6. The van der Waals surface area contributed by atoms with Gasteiger partial charge >= 0.3 is 0 Å². The first-order valence-corrected chi connectivity index (χ1v) is 10.8. The minimum absolute atomic E-state index is 0.0247. The zero-order chi connectivity index (χ0) is 23.5. The minimum Gasteiger partial charge on any atom is -0.489 e. The van der Waals surface area contributed by atoms with Gasteiger partial charge in [0, 0.05) is 10.6 Å². The molecular weight excluding hydrogens is 486 g/mol. The number of carbonyl (C=O) groups is 2. The van der Waals surface area contributed by atoms with Crippen molar-refractivity contribution >= 4 is 64.1 Å². The third-order valence-corrected chi connectivity index (χ3v) is 5.69. The van der Waals surface area contributed by atoms with Crippen molar-refractivity contribution in [3.05, 3.63) is 99.3 Å². The maximum Gasteiger partial charge on any atom is 0.270 e. The molecule has 0 radical (unpaired) electrons. The number of hydrogen-bond donors (Lipinski definition) is 1. The average molecular weight is 501 g/mol. The third kappa shape index (κ3) is 5.06. The summed E-state index contributed by atoms with van der Waals surface area (Å²) in [5.41, 5.74) is 1.14. The molecule has 5 nitrogen and oxygen atoms in total. The van der Waals surface area contributed by atoms with Crippen molar-refractivity contribution in [2.75, 3.05) is 4.90 Å². The minimum atomic E-state index is -0.611. The standard InChI is InChI=1S/C24H15Cl2FN2O3S/c25-15-7-9-16(10-8-15)29-23(31)18(22(30)28-24(29)33)12-14-3-1-4-17(11-14)32-13-19-20(26)5-2-6-21(19)27/h1-12H,13H2,(H,28,30,33)/b18-12+. The number of ether oxygens (including phenoxy) is 1. The van der Waals surface area contributed by atoms with Gasteiger partial charge in [0.15, 0.2) is 5.11 Å². The zero-order valence-corrected chi connectivity index (χ0v) is 19.2. The topological polar surface area (TPSA) is 58.6 Å². The molecule has 9 heteroatoms. The second kappa shape index (κ2) is 9.70. The predicted octanol–water partition coefficient (Wildman–Crippen LogP) is 5.54. The molecule has 0 unspecified atom stereocenters. The molecule has 4 rings (SSSR count). The lowest BCUT2D eigenvalue weighted by Gasteiger charge is -2.29. The van der Waals surface area contributed by atoms with Crippen molar-refractivity contribution in [2.24, 2.45) is 0 Å². The molecule has 1 fully saturated rings. The van der Waals surface area contributed by atoms with Crippen molar-refractivity contribution < 1.29 is 18.7 Å². The Bertz CT molecular complexity index is 1270. The Morgan fingerprint density at radius 2 is 1.76 bits per heavy atom. The molecule has 0 spiro atoms. The fraction of sp³-hybridized carbons (Fsp3) is 0.0417. The summed E-state index contributed by atoms with van der Waals surface area (Å²) in [4.78, 5) is 26.8. The van der Waals surface area contributed by atoms with Crippen LogP contribution in [-0.2, 0) is 16.2 Å². The SMILES string of the molecule is O=C1NC(=S)N(c2ccc(Cl)cc2)C(=O)/C1=C/c1cccc(OCc2c(F)cccc2Cl)c1. The molecule has 1 heterocycles. The van der Waals surface area contributed by atoms with Gasteiger partial charge in [-0.3, -0.25) is 19.8 Å². The van der Waals surface area contributed by atoms with Crippen molar-refractivity contribution in [1.82, 2.24) is 5.32 Å². The fourth-order valence-corrected chi connectivity index (χ4v) is 3.79. The van der Waals surface area contributed by atoms with Crippen molar-refractivity contribution in [3.8, 4) is 5.75 Å². The van der Waals surface area contributed by atoms with Gasteiger partial charge in [0.2, 0.25) is 0 Å². The molecule has 1 saturated heterocycles. The van der Waals surface area contributed by atoms with E-state index in [2.05, 4.69) is 5.32 Å². The number of nitrogens with zero attached hydrogens (tertiary/aromatic N) is 1. The van der Waals surface area contributed by atoms with E-state index in [4.69, 9.17) is 40.2 Å². The van der Waals surface area contributed by atoms with Crippen molar-refractivity contribution in [1.29, 1.82) is 0 Å². The third-order valence-electron chi connectivity index (χ3n) is 4.80. The van der Waals surface area contributed by atoms with Crippen molar-refractivity contribution in [3.63, 3.8) is 0 Å². The summed E-state index contributed by atoms with van der Waals surface area (Å²) < 4.78 is 19.7. The van der Waals surface area contributed by atoms with Gasteiger partial charge in [0.25, 0.3) is 11.8 Å². The number of benzene rings is 3. The molecule has 0 saturated carbocycles. The van der Waals surface area contributed by atoms with Gasteiger partial charge in [-0.25, -0.2) is 4.39 Å². The number of amides is 2. The summed E-state index contributed by atoms with van der Waals surface area (Å²) >= 11 is 17.1. The number of thiocarbonyl (C=S) groups is 1. The van der Waals surface area contributed by atoms with Crippen LogP contribution in [-0.4, -0.2) is 16.9 Å². The van der Waals surface area contributed by atoms with Crippen LogP contribution in [0, 0.1) is 5.82 Å². The summed E-state index contributed by atoms with van der Waals surface area (Å²) in [6.07, 6.45) is 1.44. The maximum absolute atomic E-state index is 14.0. The molecule has 1 aliphatic rings. The van der Waals surface area contributed by atoms with E-state index in [9.17, 15) is 14.0 Å². The number of rotatable bonds is 5. The van der Waals surface area contributed by atoms with E-state index < -0.39 is 17.6 Å². The van der Waals surface area contributed by atoms with Crippen molar-refractivity contribution in [2.45, 2.75) is 6.61 Å². The largest absolute Gasteiger partial charge is 0.489 e. The van der Waals surface area contributed by atoms with Gasteiger partial charge in [0.1, 0.15) is 23.7 Å². The number of carbonyl (C=O) groups excluding carboxylic acids is 2. The van der Waals surface area contributed by atoms with Gasteiger partial charge in [0.05, 0.1) is 10.7 Å². The Kier molecular flexibility index (Phi) is 6.74. The van der Waals surface area contributed by atoms with Crippen LogP contribution >= 0.6 is 35.4 Å². The van der Waals surface area contributed by atoms with E-state index in [1.807, 2.05) is 0 Å². The lowest BCUT2D eigenvalue weighted by atomic mass is 10.1. The van der Waals surface area contributed by atoms with Gasteiger partial charge in [-0.1, -0.05) is 41.4 Å². The van der Waals surface area contributed by atoms with Crippen LogP contribution in [0.2, 0.25) is 10.0 Å². The molecule has 166 valence electrons. The van der Waals surface area contributed by atoms with Crippen LogP contribution in [0.5, 0.6) is 5.75 Å². The molecule has 1 aliphatic heterocycles. The molecule has 0 aliphatic carbocycles. The molecular formula is C24H15Cl2FN2O3S. The molecule has 3 aromatic carbocycles. The summed E-state index contributed by atoms with van der Waals surface area (Å²) in [5.74, 6) is -1.24. The van der Waals surface area contributed by atoms with Crippen LogP contribution in [0.4, 0.5) is 10.1 Å². The highest BCUT2D eigenvalue weighted by Crippen LogP contribution is 2.25. The Morgan fingerprint density at radius 1 is 1.03 bits per heavy atom. The number of nitrogens with one attached hydrogen (secondary N) is 1. The Balaban J connectivity index is 1.58. The van der Waals surface area contributed by atoms with Crippen LogP contribution in [0.3, 0.4) is 0 Å². The molecule has 1 N–H and O–H groups in total. The number of halogens is 3. The normalized spacial score (nSPS) is 15.1. The predicted molar refractivity (Wildman–Crippen MR) is 130 cm³/mol. The smallest absolute Gasteiger partial charge is 0.270 e. The summed E-state index contributed by atoms with van der Waals surface area (Å²) in [7, 11) is 0. The maximum atomic E-state index is 14.0. The first-order valence-electron chi connectivity index (χ1n) is 9.66. The van der Waals surface area contributed by atoms with E-state index in [-0.39, 0.29) is 27.9 Å². The molecule has 3 aromatic rings. The molecule has 2 amide bonds. The molecule has 0 atom stereocenters. The first-order chi connectivity index (χ1) is 15.8. The molecule has 33 heavy (non-hydrogen) atoms. The second-order valence-electron chi connectivity index (χ2n) is 7.00. The van der Waals surface area contributed by atoms with Gasteiger partial charge in [-0.05, 0) is 72.4 Å². The lowest BCUT2D eigenvalue weighted by molar-refractivity contribution is -0.122. The zero-order valence-electron chi connectivity index (χ0n) is 16.8. The van der Waals surface area contributed by atoms with E-state index in [1.165, 1.54) is 23.1 Å². The number of anilines is 1. The van der Waals surface area contributed by atoms with Crippen LogP contribution < -0.4 is 15.0 Å². The van der Waals surface area contributed by atoms with Gasteiger partial charge in [-0.2, -0.15) is 0 Å². The Hall–Kier alpha value is -3.26. The first kappa shape index (κ1) is 22.9. The summed E-state index contributed by atoms with van der Waals surface area (Å²) in [5, 5.41) is 3.26. The second-order valence-corrected chi connectivity index (χ2v) is 8.23. The van der Waals surface area contributed by atoms with Crippen LogP contribution in [0.15, 0.2) is 72.3 Å². The van der Waals surface area contributed by atoms with Gasteiger partial charge in [-0.15, -0.1) is 0 Å². The Labute approximate surface area is 204 Å². The van der Waals surface area contributed by atoms with E-state index in [0.717, 1.165) is 0 Å². The highest BCUT2D eigenvalue weighted by atomic mass is 35.5. The summed E-state index contributed by atoms with van der Waals surface area (Å²) in [6.45, 7) is -0.0798. The number of hydrogen-bond acceptors (Lipinski definition) is 4. The monoisotopic (exact) mass is 500 g/mol. The Morgan fingerprint density at radius 3 is 2.48 bits per heavy atom. The van der Waals surface area contributed by atoms with Crippen LogP contribution in [0.1, 0.15) is 11.1 Å². The highest BCUT2D eigenvalue weighted by Gasteiger charge is 2.34. The fourth-order valence-electron chi connectivity index (χ4n) is 3.17. The average Bonchev–Trinajstić information content (AvgIpc) is 2.78. The highest BCUT2D eigenvalue weighted by molar-refractivity contribution is 7.80. The van der Waals surface area contributed by atoms with E-state index >= 15 is 0 Å². The van der Waals surface area contributed by atoms with Crippen LogP contribution in [0.25, 0.3) is 6.08 Å². The van der Waals surface area contributed by atoms with Gasteiger partial charge < -0.3 is 4.74 Å². The lowest BCUT2D eigenvalue weighted by Crippen LogP contribution is -2.54. The molecule has 0 aromatic heterocycles. The molecule has 0 bridgehead atoms.